The van der Waals surface area contributed by atoms with E-state index in [1.54, 1.807) is 50.2 Å². The Morgan fingerprint density at radius 2 is 1.59 bits per heavy atom. The number of anilines is 3. The molecular weight excluding hydrogens is 434 g/mol. The lowest BCUT2D eigenvalue weighted by molar-refractivity contribution is -0.114. The molecule has 0 saturated carbocycles. The molecule has 0 spiro atoms. The van der Waals surface area contributed by atoms with Gasteiger partial charge in [0, 0.05) is 36.5 Å². The number of fused-ring (bicyclic) bond motifs is 1. The summed E-state index contributed by atoms with van der Waals surface area (Å²) in [5, 5.41) is 5.25. The highest BCUT2D eigenvalue weighted by Crippen LogP contribution is 2.44. The summed E-state index contributed by atoms with van der Waals surface area (Å²) in [6, 6.07) is 9.70. The largest absolute Gasteiger partial charge is 0.493 e. The zero-order valence-electron chi connectivity index (χ0n) is 18.5. The lowest BCUT2D eigenvalue weighted by Gasteiger charge is -2.32. The van der Waals surface area contributed by atoms with Crippen LogP contribution in [0.15, 0.2) is 41.3 Å². The number of allylic oxidation sites excluding steroid dienone is 1. The van der Waals surface area contributed by atoms with Gasteiger partial charge in [0.1, 0.15) is 0 Å². The van der Waals surface area contributed by atoms with Gasteiger partial charge in [-0.1, -0.05) is 6.07 Å². The molecule has 3 rings (SSSR count). The number of carbonyl (C=O) groups excluding carboxylic acids is 2. The van der Waals surface area contributed by atoms with Crippen LogP contribution in [0.5, 0.6) is 11.5 Å². The minimum atomic E-state index is -4.14. The fourth-order valence-electron chi connectivity index (χ4n) is 3.62. The van der Waals surface area contributed by atoms with Gasteiger partial charge >= 0.3 is 0 Å². The van der Waals surface area contributed by atoms with Gasteiger partial charge in [0.15, 0.2) is 16.4 Å². The van der Waals surface area contributed by atoms with Crippen molar-refractivity contribution in [3.8, 4) is 11.5 Å². The Hall–Kier alpha value is -3.53. The number of benzene rings is 2. The van der Waals surface area contributed by atoms with Crippen LogP contribution in [-0.2, 0) is 19.6 Å². The number of hydrogen-bond donors (Lipinski definition) is 2. The van der Waals surface area contributed by atoms with Crippen LogP contribution in [0.1, 0.15) is 26.3 Å². The lowest BCUT2D eigenvalue weighted by Crippen LogP contribution is -2.39. The minimum Gasteiger partial charge on any atom is -0.493 e. The van der Waals surface area contributed by atoms with Gasteiger partial charge in [0.25, 0.3) is 15.9 Å². The standard InChI is InChI=1S/C22H25N3O6S/c1-6-25-18-12-20(31-5)19(30-4)11-17(18)13(2)21(32(25,28)29)22(27)24-16-9-7-8-15(10-16)23-14(3)26/h7-12H,6H2,1-5H3,(H,23,26)(H,24,27). The van der Waals surface area contributed by atoms with E-state index < -0.39 is 15.9 Å². The third-order valence-electron chi connectivity index (χ3n) is 5.00. The van der Waals surface area contributed by atoms with E-state index in [1.807, 2.05) is 0 Å². The van der Waals surface area contributed by atoms with Gasteiger partial charge in [-0.15, -0.1) is 0 Å². The molecule has 0 saturated heterocycles. The summed E-state index contributed by atoms with van der Waals surface area (Å²) in [7, 11) is -1.19. The first-order chi connectivity index (χ1) is 15.1. The molecule has 0 aromatic heterocycles. The van der Waals surface area contributed by atoms with E-state index >= 15 is 0 Å². The minimum absolute atomic E-state index is 0.118. The van der Waals surface area contributed by atoms with Crippen molar-refractivity contribution in [3.05, 3.63) is 46.9 Å². The number of nitrogens with one attached hydrogen (secondary N) is 2. The quantitative estimate of drug-likeness (QED) is 0.686. The van der Waals surface area contributed by atoms with E-state index in [2.05, 4.69) is 10.6 Å². The Labute approximate surface area is 187 Å². The van der Waals surface area contributed by atoms with Crippen LogP contribution < -0.4 is 24.4 Å². The number of nitrogens with zero attached hydrogens (tertiary/aromatic N) is 1. The molecule has 170 valence electrons. The van der Waals surface area contributed by atoms with Gasteiger partial charge in [-0.25, -0.2) is 8.42 Å². The van der Waals surface area contributed by atoms with Crippen LogP contribution in [-0.4, -0.2) is 41.0 Å². The first-order valence-electron chi connectivity index (χ1n) is 9.83. The van der Waals surface area contributed by atoms with E-state index in [0.717, 1.165) is 0 Å². The smallest absolute Gasteiger partial charge is 0.270 e. The fourth-order valence-corrected chi connectivity index (χ4v) is 5.38. The molecule has 10 heteroatoms. The summed E-state index contributed by atoms with van der Waals surface area (Å²) < 4.78 is 38.6. The summed E-state index contributed by atoms with van der Waals surface area (Å²) in [6.07, 6.45) is 0. The highest BCUT2D eigenvalue weighted by atomic mass is 32.2. The predicted octanol–water partition coefficient (Wildman–Crippen LogP) is 3.20. The summed E-state index contributed by atoms with van der Waals surface area (Å²) in [5.74, 6) is -0.234. The van der Waals surface area contributed by atoms with Crippen molar-refractivity contribution in [2.75, 3.05) is 35.7 Å². The molecule has 2 amide bonds. The molecule has 1 aliphatic heterocycles. The Morgan fingerprint density at radius 1 is 1.00 bits per heavy atom. The molecule has 9 nitrogen and oxygen atoms in total. The average Bonchev–Trinajstić information content (AvgIpc) is 2.72. The normalized spacial score (nSPS) is 14.5. The Kier molecular flexibility index (Phi) is 6.45. The van der Waals surface area contributed by atoms with Gasteiger partial charge < -0.3 is 20.1 Å². The van der Waals surface area contributed by atoms with Crippen LogP contribution in [0.25, 0.3) is 5.57 Å². The molecular formula is C22H25N3O6S. The van der Waals surface area contributed by atoms with Crippen molar-refractivity contribution in [2.45, 2.75) is 20.8 Å². The summed E-state index contributed by atoms with van der Waals surface area (Å²) in [5.41, 5.74) is 2.08. The van der Waals surface area contributed by atoms with Crippen molar-refractivity contribution >= 4 is 44.5 Å². The molecule has 0 bridgehead atoms. The van der Waals surface area contributed by atoms with E-state index in [1.165, 1.54) is 25.4 Å². The third-order valence-corrected chi connectivity index (χ3v) is 7.04. The van der Waals surface area contributed by atoms with Gasteiger partial charge in [0.2, 0.25) is 5.91 Å². The van der Waals surface area contributed by atoms with Crippen LogP contribution in [0.2, 0.25) is 0 Å². The number of sulfonamides is 1. The maximum atomic E-state index is 13.4. The zero-order valence-corrected chi connectivity index (χ0v) is 19.3. The molecule has 0 aliphatic carbocycles. The second-order valence-corrected chi connectivity index (χ2v) is 8.86. The monoisotopic (exact) mass is 459 g/mol. The van der Waals surface area contributed by atoms with E-state index in [9.17, 15) is 18.0 Å². The summed E-state index contributed by atoms with van der Waals surface area (Å²) >= 11 is 0. The van der Waals surface area contributed by atoms with Crippen LogP contribution in [0.3, 0.4) is 0 Å². The summed E-state index contributed by atoms with van der Waals surface area (Å²) in [6.45, 7) is 4.75. The van der Waals surface area contributed by atoms with Gasteiger partial charge in [-0.05, 0) is 43.7 Å². The summed E-state index contributed by atoms with van der Waals surface area (Å²) in [4.78, 5) is 24.1. The Bertz CT molecular complexity index is 1220. The molecule has 0 unspecified atom stereocenters. The first-order valence-corrected chi connectivity index (χ1v) is 11.3. The zero-order chi connectivity index (χ0) is 23.6. The number of carbonyl (C=O) groups is 2. The van der Waals surface area contributed by atoms with Gasteiger partial charge in [-0.2, -0.15) is 0 Å². The van der Waals surface area contributed by atoms with Crippen molar-refractivity contribution in [1.82, 2.24) is 0 Å². The van der Waals surface area contributed by atoms with Crippen LogP contribution in [0.4, 0.5) is 17.1 Å². The molecule has 1 heterocycles. The Morgan fingerprint density at radius 3 is 2.16 bits per heavy atom. The van der Waals surface area contributed by atoms with Crippen LogP contribution in [0, 0.1) is 0 Å². The molecule has 0 fully saturated rings. The number of ether oxygens (including phenoxy) is 2. The highest BCUT2D eigenvalue weighted by molar-refractivity contribution is 7.97. The molecule has 1 aliphatic rings. The number of amides is 2. The molecule has 0 radical (unpaired) electrons. The average molecular weight is 460 g/mol. The number of hydrogen-bond acceptors (Lipinski definition) is 6. The molecule has 2 N–H and O–H groups in total. The number of methoxy groups -OCH3 is 2. The topological polar surface area (TPSA) is 114 Å². The van der Waals surface area contributed by atoms with Crippen molar-refractivity contribution in [2.24, 2.45) is 0 Å². The van der Waals surface area contributed by atoms with E-state index in [-0.39, 0.29) is 17.4 Å². The van der Waals surface area contributed by atoms with E-state index in [0.29, 0.717) is 39.7 Å². The predicted molar refractivity (Wildman–Crippen MR) is 123 cm³/mol. The van der Waals surface area contributed by atoms with Crippen molar-refractivity contribution in [1.29, 1.82) is 0 Å². The van der Waals surface area contributed by atoms with Gasteiger partial charge in [0.05, 0.1) is 19.9 Å². The Balaban J connectivity index is 2.10. The SMILES string of the molecule is CCN1c2cc(OC)c(OC)cc2C(C)=C(C(=O)Nc2cccc(NC(C)=O)c2)S1(=O)=O. The van der Waals surface area contributed by atoms with Crippen molar-refractivity contribution < 1.29 is 27.5 Å². The third kappa shape index (κ3) is 4.13. The first kappa shape index (κ1) is 23.1. The second-order valence-electron chi connectivity index (χ2n) is 7.06. The molecule has 2 aromatic carbocycles. The number of rotatable bonds is 6. The molecule has 2 aromatic rings. The maximum Gasteiger partial charge on any atom is 0.270 e. The second kappa shape index (κ2) is 8.91. The van der Waals surface area contributed by atoms with Crippen LogP contribution >= 0.6 is 0 Å². The van der Waals surface area contributed by atoms with Crippen molar-refractivity contribution in [3.63, 3.8) is 0 Å². The maximum absolute atomic E-state index is 13.4. The molecule has 0 atom stereocenters. The highest BCUT2D eigenvalue weighted by Gasteiger charge is 2.39. The molecule has 32 heavy (non-hydrogen) atoms. The van der Waals surface area contributed by atoms with Gasteiger partial charge in [-0.3, -0.25) is 13.9 Å². The van der Waals surface area contributed by atoms with E-state index in [4.69, 9.17) is 9.47 Å². The fraction of sp³-hybridized carbons (Fsp3) is 0.273. The lowest BCUT2D eigenvalue weighted by atomic mass is 10.0.